The maximum atomic E-state index is 6.24. The molecule has 0 heterocycles. The van der Waals surface area contributed by atoms with Crippen molar-refractivity contribution in [1.29, 1.82) is 0 Å². The van der Waals surface area contributed by atoms with E-state index < -0.39 is 0 Å². The number of benzene rings is 2. The molecule has 1 unspecified atom stereocenters. The van der Waals surface area contributed by atoms with Crippen LogP contribution < -0.4 is 5.73 Å². The first-order valence-electron chi connectivity index (χ1n) is 7.11. The quantitative estimate of drug-likeness (QED) is 0.787. The molecule has 0 saturated heterocycles. The second kappa shape index (κ2) is 7.39. The van der Waals surface area contributed by atoms with Gasteiger partial charge in [-0.15, -0.1) is 0 Å². The van der Waals surface area contributed by atoms with Crippen molar-refractivity contribution in [2.75, 3.05) is 19.8 Å². The van der Waals surface area contributed by atoms with Crippen molar-refractivity contribution in [1.82, 2.24) is 0 Å². The topological polar surface area (TPSA) is 44.5 Å². The number of ether oxygens (including phenoxy) is 2. The van der Waals surface area contributed by atoms with Gasteiger partial charge >= 0.3 is 0 Å². The van der Waals surface area contributed by atoms with E-state index in [4.69, 9.17) is 15.2 Å². The summed E-state index contributed by atoms with van der Waals surface area (Å²) in [5.41, 5.74) is 7.37. The van der Waals surface area contributed by atoms with E-state index in [1.807, 2.05) is 32.0 Å². The van der Waals surface area contributed by atoms with Crippen molar-refractivity contribution < 1.29 is 9.47 Å². The van der Waals surface area contributed by atoms with Gasteiger partial charge in [-0.1, -0.05) is 42.5 Å². The predicted octanol–water partition coefficient (Wildman–Crippen LogP) is 3.28. The van der Waals surface area contributed by atoms with Crippen LogP contribution in [0.3, 0.4) is 0 Å². The van der Waals surface area contributed by atoms with E-state index >= 15 is 0 Å². The van der Waals surface area contributed by atoms with Gasteiger partial charge in [0.15, 0.2) is 0 Å². The Morgan fingerprint density at radius 2 is 1.75 bits per heavy atom. The minimum absolute atomic E-state index is 0.111. The molecule has 0 amide bonds. The van der Waals surface area contributed by atoms with Crippen molar-refractivity contribution in [2.45, 2.75) is 26.0 Å². The largest absolute Gasteiger partial charge is 0.377 e. The smallest absolute Gasteiger partial charge is 0.0703 e. The van der Waals surface area contributed by atoms with E-state index in [9.17, 15) is 0 Å². The summed E-state index contributed by atoms with van der Waals surface area (Å²) in [4.78, 5) is 0. The van der Waals surface area contributed by atoms with E-state index in [1.54, 1.807) is 0 Å². The molecule has 0 aliphatic rings. The summed E-state index contributed by atoms with van der Waals surface area (Å²) in [5, 5.41) is 2.41. The lowest BCUT2D eigenvalue weighted by Crippen LogP contribution is -2.19. The molecule has 0 radical (unpaired) electrons. The number of hydrogen-bond acceptors (Lipinski definition) is 3. The second-order valence-corrected chi connectivity index (χ2v) is 5.17. The summed E-state index contributed by atoms with van der Waals surface area (Å²) >= 11 is 0. The van der Waals surface area contributed by atoms with Crippen LogP contribution in [-0.4, -0.2) is 25.9 Å². The van der Waals surface area contributed by atoms with E-state index in [-0.39, 0.29) is 12.1 Å². The average Bonchev–Trinajstić information content (AvgIpc) is 2.45. The molecule has 3 heteroatoms. The first-order chi connectivity index (χ1) is 9.68. The van der Waals surface area contributed by atoms with Crippen molar-refractivity contribution >= 4 is 10.8 Å². The van der Waals surface area contributed by atoms with E-state index in [1.165, 1.54) is 10.8 Å². The van der Waals surface area contributed by atoms with Gasteiger partial charge < -0.3 is 15.2 Å². The Labute approximate surface area is 120 Å². The van der Waals surface area contributed by atoms with Gasteiger partial charge in [-0.25, -0.2) is 0 Å². The molecule has 0 fully saturated rings. The molecule has 2 aromatic carbocycles. The summed E-state index contributed by atoms with van der Waals surface area (Å²) in [6.07, 6.45) is 0.241. The highest BCUT2D eigenvalue weighted by Crippen LogP contribution is 2.23. The van der Waals surface area contributed by atoms with Crippen molar-refractivity contribution in [3.05, 3.63) is 48.0 Å². The standard InChI is InChI=1S/C17H23NO2/c1-13(2)20-11-10-19-12-17(18)16-9-5-7-14-6-3-4-8-15(14)16/h3-9,13,17H,10-12,18H2,1-2H3. The maximum Gasteiger partial charge on any atom is 0.0703 e. The Hall–Kier alpha value is -1.42. The zero-order chi connectivity index (χ0) is 14.4. The number of fused-ring (bicyclic) bond motifs is 1. The molecule has 0 aromatic heterocycles. The fourth-order valence-corrected chi connectivity index (χ4v) is 2.22. The monoisotopic (exact) mass is 273 g/mol. The van der Waals surface area contributed by atoms with Crippen LogP contribution in [-0.2, 0) is 9.47 Å². The first-order valence-corrected chi connectivity index (χ1v) is 7.11. The Balaban J connectivity index is 1.92. The molecule has 2 aromatic rings. The lowest BCUT2D eigenvalue weighted by atomic mass is 10.00. The number of rotatable bonds is 7. The predicted molar refractivity (Wildman–Crippen MR) is 82.8 cm³/mol. The minimum Gasteiger partial charge on any atom is -0.377 e. The third-order valence-electron chi connectivity index (χ3n) is 3.20. The highest BCUT2D eigenvalue weighted by atomic mass is 16.5. The average molecular weight is 273 g/mol. The summed E-state index contributed by atoms with van der Waals surface area (Å²) in [6, 6.07) is 14.4. The van der Waals surface area contributed by atoms with Crippen LogP contribution >= 0.6 is 0 Å². The fourth-order valence-electron chi connectivity index (χ4n) is 2.22. The zero-order valence-electron chi connectivity index (χ0n) is 12.2. The molecule has 1 atom stereocenters. The Morgan fingerprint density at radius 3 is 2.55 bits per heavy atom. The summed E-state index contributed by atoms with van der Waals surface area (Å²) in [6.45, 7) is 5.73. The van der Waals surface area contributed by atoms with Gasteiger partial charge in [0.2, 0.25) is 0 Å². The molecule has 3 nitrogen and oxygen atoms in total. The zero-order valence-corrected chi connectivity index (χ0v) is 12.2. The van der Waals surface area contributed by atoms with Gasteiger partial charge in [-0.2, -0.15) is 0 Å². The highest BCUT2D eigenvalue weighted by Gasteiger charge is 2.09. The van der Waals surface area contributed by atoms with Gasteiger partial charge in [0.1, 0.15) is 0 Å². The molecular weight excluding hydrogens is 250 g/mol. The Morgan fingerprint density at radius 1 is 1.00 bits per heavy atom. The van der Waals surface area contributed by atoms with Crippen LogP contribution in [0.5, 0.6) is 0 Å². The summed E-state index contributed by atoms with van der Waals surface area (Å²) in [7, 11) is 0. The van der Waals surface area contributed by atoms with Gasteiger partial charge in [0, 0.05) is 0 Å². The van der Waals surface area contributed by atoms with E-state index in [2.05, 4.69) is 24.3 Å². The fraction of sp³-hybridized carbons (Fsp3) is 0.412. The third kappa shape index (κ3) is 4.04. The third-order valence-corrected chi connectivity index (χ3v) is 3.20. The number of nitrogens with two attached hydrogens (primary N) is 1. The van der Waals surface area contributed by atoms with Gasteiger partial charge in [-0.05, 0) is 30.2 Å². The summed E-state index contributed by atoms with van der Waals surface area (Å²) < 4.78 is 11.0. The van der Waals surface area contributed by atoms with Crippen molar-refractivity contribution in [3.63, 3.8) is 0 Å². The van der Waals surface area contributed by atoms with Gasteiger partial charge in [-0.3, -0.25) is 0 Å². The normalized spacial score (nSPS) is 13.0. The van der Waals surface area contributed by atoms with Crippen LogP contribution in [0.25, 0.3) is 10.8 Å². The minimum atomic E-state index is -0.111. The molecule has 20 heavy (non-hydrogen) atoms. The SMILES string of the molecule is CC(C)OCCOCC(N)c1cccc2ccccc12. The molecule has 0 bridgehead atoms. The van der Waals surface area contributed by atoms with Crippen molar-refractivity contribution in [2.24, 2.45) is 5.73 Å². The van der Waals surface area contributed by atoms with Crippen LogP contribution in [0.2, 0.25) is 0 Å². The van der Waals surface area contributed by atoms with Gasteiger partial charge in [0.25, 0.3) is 0 Å². The Bertz CT molecular complexity index is 534. The van der Waals surface area contributed by atoms with Crippen molar-refractivity contribution in [3.8, 4) is 0 Å². The van der Waals surface area contributed by atoms with Crippen LogP contribution in [0.1, 0.15) is 25.5 Å². The Kier molecular flexibility index (Phi) is 5.53. The molecule has 108 valence electrons. The maximum absolute atomic E-state index is 6.24. The van der Waals surface area contributed by atoms with Crippen LogP contribution in [0.15, 0.2) is 42.5 Å². The van der Waals surface area contributed by atoms with Crippen LogP contribution in [0.4, 0.5) is 0 Å². The summed E-state index contributed by atoms with van der Waals surface area (Å²) in [5.74, 6) is 0. The lowest BCUT2D eigenvalue weighted by Gasteiger charge is -2.15. The molecule has 0 aliphatic heterocycles. The molecule has 0 saturated carbocycles. The molecule has 2 rings (SSSR count). The highest BCUT2D eigenvalue weighted by molar-refractivity contribution is 5.86. The number of hydrogen-bond donors (Lipinski definition) is 1. The lowest BCUT2D eigenvalue weighted by molar-refractivity contribution is 0.0162. The van der Waals surface area contributed by atoms with E-state index in [0.29, 0.717) is 19.8 Å². The van der Waals surface area contributed by atoms with Crippen LogP contribution in [0, 0.1) is 0 Å². The molecule has 2 N–H and O–H groups in total. The molecular formula is C17H23NO2. The second-order valence-electron chi connectivity index (χ2n) is 5.17. The first kappa shape index (κ1) is 15.0. The van der Waals surface area contributed by atoms with Gasteiger partial charge in [0.05, 0.1) is 32.0 Å². The van der Waals surface area contributed by atoms with E-state index in [0.717, 1.165) is 5.56 Å². The molecule has 0 spiro atoms. The molecule has 0 aliphatic carbocycles.